The van der Waals surface area contributed by atoms with Gasteiger partial charge in [-0.15, -0.1) is 0 Å². The molecule has 1 fully saturated rings. The van der Waals surface area contributed by atoms with E-state index in [1.807, 2.05) is 0 Å². The third kappa shape index (κ3) is 1.35. The molecule has 1 unspecified atom stereocenters. The summed E-state index contributed by atoms with van der Waals surface area (Å²) in [6.45, 7) is 0.250. The molecule has 0 aromatic carbocycles. The monoisotopic (exact) mass is 161 g/mol. The minimum Gasteiger partial charge on any atom is -0.544 e. The van der Waals surface area contributed by atoms with Crippen molar-refractivity contribution in [1.82, 2.24) is 0 Å². The Labute approximate surface area is 64.0 Å². The minimum atomic E-state index is -1.40. The number of aliphatic hydroxyl groups is 1. The first-order chi connectivity index (χ1) is 4.95. The number of carbonyl (C=O) groups excluding carboxylic acids is 1. The fraction of sp³-hybridized carbons (Fsp3) is 0.833. The van der Waals surface area contributed by atoms with E-state index in [4.69, 9.17) is 5.11 Å². The van der Waals surface area contributed by atoms with Crippen molar-refractivity contribution in [2.24, 2.45) is 0 Å². The molecule has 3 atom stereocenters. The van der Waals surface area contributed by atoms with Crippen LogP contribution in [0.1, 0.15) is 6.42 Å². The Hall–Kier alpha value is -0.650. The van der Waals surface area contributed by atoms with Gasteiger partial charge in [-0.1, -0.05) is 0 Å². The lowest BCUT2D eigenvalue weighted by molar-refractivity contribution is -1.09. The predicted molar refractivity (Wildman–Crippen MR) is 32.3 cm³/mol. The van der Waals surface area contributed by atoms with E-state index in [9.17, 15) is 15.1 Å². The third-order valence-electron chi connectivity index (χ3n) is 2.08. The van der Waals surface area contributed by atoms with Crippen molar-refractivity contribution in [3.63, 3.8) is 0 Å². The van der Waals surface area contributed by atoms with Gasteiger partial charge < -0.3 is 15.0 Å². The molecule has 0 aliphatic carbocycles. The Balaban J connectivity index is 2.80. The molecule has 1 aliphatic rings. The molecule has 0 amide bonds. The SMILES string of the molecule is C[N+]1(O)CC[C@H](O)[C@@H]1C(=O)[O-]. The zero-order valence-corrected chi connectivity index (χ0v) is 6.23. The molecule has 2 N–H and O–H groups in total. The van der Waals surface area contributed by atoms with E-state index >= 15 is 0 Å². The van der Waals surface area contributed by atoms with Gasteiger partial charge in [-0.2, -0.15) is 4.65 Å². The fourth-order valence-electron chi connectivity index (χ4n) is 1.45. The number of nitrogens with zero attached hydrogens (tertiary/aromatic N) is 1. The lowest BCUT2D eigenvalue weighted by Gasteiger charge is -2.28. The first-order valence-corrected chi connectivity index (χ1v) is 3.42. The summed E-state index contributed by atoms with van der Waals surface area (Å²) in [6, 6.07) is -1.20. The molecule has 1 rings (SSSR count). The number of quaternary nitrogens is 1. The Kier molecular flexibility index (Phi) is 1.87. The lowest BCUT2D eigenvalue weighted by Crippen LogP contribution is -2.57. The summed E-state index contributed by atoms with van der Waals surface area (Å²) in [4.78, 5) is 10.4. The predicted octanol–water partition coefficient (Wildman–Crippen LogP) is -2.29. The second kappa shape index (κ2) is 2.44. The second-order valence-corrected chi connectivity index (χ2v) is 3.06. The molecule has 1 heterocycles. The normalized spacial score (nSPS) is 44.3. The van der Waals surface area contributed by atoms with Crippen LogP contribution in [0.3, 0.4) is 0 Å². The van der Waals surface area contributed by atoms with Gasteiger partial charge in [0.15, 0.2) is 6.04 Å². The third-order valence-corrected chi connectivity index (χ3v) is 2.08. The number of rotatable bonds is 1. The van der Waals surface area contributed by atoms with Crippen LogP contribution in [0.4, 0.5) is 0 Å². The minimum absolute atomic E-state index is 0.250. The van der Waals surface area contributed by atoms with E-state index in [0.717, 1.165) is 0 Å². The van der Waals surface area contributed by atoms with Crippen LogP contribution in [0.5, 0.6) is 0 Å². The molecule has 11 heavy (non-hydrogen) atoms. The molecular weight excluding hydrogens is 150 g/mol. The van der Waals surface area contributed by atoms with Crippen LogP contribution in [0, 0.1) is 0 Å². The molecule has 0 spiro atoms. The number of carboxylic acid groups (broad SMARTS) is 1. The van der Waals surface area contributed by atoms with Crippen LogP contribution in [-0.4, -0.2) is 46.7 Å². The van der Waals surface area contributed by atoms with Gasteiger partial charge in [-0.25, -0.2) is 5.21 Å². The Bertz CT molecular complexity index is 179. The zero-order chi connectivity index (χ0) is 8.65. The van der Waals surface area contributed by atoms with Crippen molar-refractivity contribution in [3.8, 4) is 0 Å². The highest BCUT2D eigenvalue weighted by Crippen LogP contribution is 2.21. The highest BCUT2D eigenvalue weighted by atomic mass is 16.6. The first-order valence-electron chi connectivity index (χ1n) is 3.42. The Morgan fingerprint density at radius 3 is 2.45 bits per heavy atom. The fourth-order valence-corrected chi connectivity index (χ4v) is 1.45. The molecule has 0 aromatic rings. The van der Waals surface area contributed by atoms with Crippen LogP contribution >= 0.6 is 0 Å². The van der Waals surface area contributed by atoms with Crippen molar-refractivity contribution in [1.29, 1.82) is 0 Å². The molecule has 1 saturated heterocycles. The van der Waals surface area contributed by atoms with Gasteiger partial charge in [0, 0.05) is 6.42 Å². The van der Waals surface area contributed by atoms with Gasteiger partial charge in [0.1, 0.15) is 18.6 Å². The number of hydroxylamine groups is 3. The number of aliphatic hydroxyl groups excluding tert-OH is 1. The van der Waals surface area contributed by atoms with Crippen LogP contribution in [0.15, 0.2) is 0 Å². The van der Waals surface area contributed by atoms with Crippen LogP contribution < -0.4 is 5.11 Å². The van der Waals surface area contributed by atoms with E-state index in [1.54, 1.807) is 0 Å². The average molecular weight is 161 g/mol. The summed E-state index contributed by atoms with van der Waals surface area (Å²) in [7, 11) is 1.34. The summed E-state index contributed by atoms with van der Waals surface area (Å²) in [5.74, 6) is -1.40. The van der Waals surface area contributed by atoms with Crippen molar-refractivity contribution >= 4 is 5.97 Å². The lowest BCUT2D eigenvalue weighted by atomic mass is 10.2. The maximum atomic E-state index is 10.4. The number of likely N-dealkylation sites (tertiary alicyclic amines) is 1. The van der Waals surface area contributed by atoms with Crippen LogP contribution in [0.25, 0.3) is 0 Å². The molecule has 0 radical (unpaired) electrons. The summed E-state index contributed by atoms with van der Waals surface area (Å²) >= 11 is 0. The maximum absolute atomic E-state index is 10.4. The van der Waals surface area contributed by atoms with E-state index in [-0.39, 0.29) is 6.54 Å². The summed E-state index contributed by atoms with van der Waals surface area (Å²) in [5.41, 5.74) is 0. The number of aliphatic carboxylic acids is 1. The van der Waals surface area contributed by atoms with Gasteiger partial charge in [0.25, 0.3) is 0 Å². The van der Waals surface area contributed by atoms with Crippen LogP contribution in [0.2, 0.25) is 0 Å². The Morgan fingerprint density at radius 1 is 1.73 bits per heavy atom. The first kappa shape index (κ1) is 8.45. The number of hydrogen-bond donors (Lipinski definition) is 2. The zero-order valence-electron chi connectivity index (χ0n) is 6.23. The molecule has 5 nitrogen and oxygen atoms in total. The van der Waals surface area contributed by atoms with Gasteiger partial charge in [-0.05, 0) is 0 Å². The number of hydrogen-bond acceptors (Lipinski definition) is 4. The number of carboxylic acids is 1. The highest BCUT2D eigenvalue weighted by Gasteiger charge is 2.45. The molecule has 5 heteroatoms. The van der Waals surface area contributed by atoms with Crippen molar-refractivity contribution in [3.05, 3.63) is 0 Å². The maximum Gasteiger partial charge on any atom is 0.184 e. The second-order valence-electron chi connectivity index (χ2n) is 3.06. The van der Waals surface area contributed by atoms with E-state index in [1.165, 1.54) is 7.05 Å². The summed E-state index contributed by atoms with van der Waals surface area (Å²) < 4.78 is -0.677. The summed E-state index contributed by atoms with van der Waals surface area (Å²) in [6.07, 6.45) is -0.693. The number of likely N-dealkylation sites (N-methyl/N-ethyl adjacent to an activating group) is 1. The van der Waals surface area contributed by atoms with Gasteiger partial charge in [0.2, 0.25) is 0 Å². The largest absolute Gasteiger partial charge is 0.544 e. The van der Waals surface area contributed by atoms with E-state index < -0.39 is 22.8 Å². The molecule has 0 aromatic heterocycles. The summed E-state index contributed by atoms with van der Waals surface area (Å²) in [5, 5.41) is 28.8. The molecule has 1 aliphatic heterocycles. The molecular formula is C6H11NO4. The highest BCUT2D eigenvalue weighted by molar-refractivity contribution is 5.70. The molecule has 0 saturated carbocycles. The van der Waals surface area contributed by atoms with Gasteiger partial charge in [0.05, 0.1) is 7.05 Å². The standard InChI is InChI=1S/C6H11NO4/c1-7(11)3-2-4(8)5(7)6(9)10/h4-5,8,11H,2-3H2,1H3/t4-,5+,7?/m0/s1. The van der Waals surface area contributed by atoms with E-state index in [0.29, 0.717) is 6.42 Å². The molecule has 64 valence electrons. The van der Waals surface area contributed by atoms with Crippen LogP contribution in [-0.2, 0) is 4.79 Å². The van der Waals surface area contributed by atoms with Gasteiger partial charge in [-0.3, -0.25) is 0 Å². The topological polar surface area (TPSA) is 80.6 Å². The van der Waals surface area contributed by atoms with E-state index in [2.05, 4.69) is 0 Å². The van der Waals surface area contributed by atoms with Crippen molar-refractivity contribution < 1.29 is 24.9 Å². The molecule has 0 bridgehead atoms. The van der Waals surface area contributed by atoms with Crippen molar-refractivity contribution in [2.45, 2.75) is 18.6 Å². The average Bonchev–Trinajstić information content (AvgIpc) is 2.06. The van der Waals surface area contributed by atoms with Gasteiger partial charge >= 0.3 is 0 Å². The smallest absolute Gasteiger partial charge is 0.184 e. The number of carbonyl (C=O) groups is 1. The Morgan fingerprint density at radius 2 is 2.27 bits per heavy atom. The quantitative estimate of drug-likeness (QED) is 0.424. The van der Waals surface area contributed by atoms with Crippen molar-refractivity contribution in [2.75, 3.05) is 13.6 Å².